The predicted octanol–water partition coefficient (Wildman–Crippen LogP) is 2.43. The lowest BCUT2D eigenvalue weighted by molar-refractivity contribution is 0.589. The van der Waals surface area contributed by atoms with Gasteiger partial charge in [-0.3, -0.25) is 5.43 Å². The van der Waals surface area contributed by atoms with Gasteiger partial charge in [0.2, 0.25) is 5.71 Å². The van der Waals surface area contributed by atoms with E-state index in [1.807, 2.05) is 5.43 Å². The molecule has 0 bridgehead atoms. The molecule has 1 rings (SSSR count). The number of hydrazone groups is 1. The van der Waals surface area contributed by atoms with E-state index in [-0.39, 0.29) is 5.02 Å². The Labute approximate surface area is 94.4 Å². The fraction of sp³-hybridized carbons (Fsp3) is 0. The van der Waals surface area contributed by atoms with Gasteiger partial charge in [0.05, 0.1) is 0 Å². The van der Waals surface area contributed by atoms with Crippen molar-refractivity contribution in [3.8, 4) is 12.1 Å². The lowest BCUT2D eigenvalue weighted by Crippen LogP contribution is -2.00. The fourth-order valence-corrected chi connectivity index (χ4v) is 1.03. The Hall–Kier alpha value is -2.18. The van der Waals surface area contributed by atoms with Crippen LogP contribution in [0.3, 0.4) is 0 Å². The second-order valence-corrected chi connectivity index (χ2v) is 2.98. The zero-order valence-corrected chi connectivity index (χ0v) is 8.39. The molecule has 0 aliphatic carbocycles. The molecule has 0 aliphatic rings. The Morgan fingerprint density at radius 3 is 2.19 bits per heavy atom. The number of halogens is 3. The maximum atomic E-state index is 13.1. The predicted molar refractivity (Wildman–Crippen MR) is 53.7 cm³/mol. The molecule has 0 saturated carbocycles. The van der Waals surface area contributed by atoms with Crippen molar-refractivity contribution in [2.24, 2.45) is 5.10 Å². The van der Waals surface area contributed by atoms with Crippen molar-refractivity contribution in [1.82, 2.24) is 0 Å². The summed E-state index contributed by atoms with van der Waals surface area (Å²) in [6, 6.07) is 4.61. The highest BCUT2D eigenvalue weighted by Crippen LogP contribution is 2.23. The third kappa shape index (κ3) is 2.66. The molecule has 1 N–H and O–H groups in total. The van der Waals surface area contributed by atoms with Gasteiger partial charge >= 0.3 is 0 Å². The van der Waals surface area contributed by atoms with E-state index in [0.717, 1.165) is 12.1 Å². The van der Waals surface area contributed by atoms with Crippen molar-refractivity contribution in [3.05, 3.63) is 28.8 Å². The summed E-state index contributed by atoms with van der Waals surface area (Å²) in [5, 5.41) is 19.8. The minimum atomic E-state index is -0.969. The van der Waals surface area contributed by atoms with Crippen molar-refractivity contribution in [3.63, 3.8) is 0 Å². The zero-order chi connectivity index (χ0) is 12.1. The maximum absolute atomic E-state index is 13.1. The molecule has 4 nitrogen and oxygen atoms in total. The third-order valence-electron chi connectivity index (χ3n) is 1.50. The van der Waals surface area contributed by atoms with Gasteiger partial charge in [0.1, 0.15) is 17.8 Å². The average molecular weight is 241 g/mol. The molecule has 7 heteroatoms. The molecule has 0 unspecified atom stereocenters. The molecule has 16 heavy (non-hydrogen) atoms. The van der Waals surface area contributed by atoms with E-state index < -0.39 is 23.0 Å². The molecule has 0 aliphatic heterocycles. The summed E-state index contributed by atoms with van der Waals surface area (Å²) in [5.41, 5.74) is 0.821. The molecule has 1 aromatic carbocycles. The summed E-state index contributed by atoms with van der Waals surface area (Å²) in [7, 11) is 0. The van der Waals surface area contributed by atoms with Gasteiger partial charge in [-0.1, -0.05) is 11.6 Å². The van der Waals surface area contributed by atoms with E-state index >= 15 is 0 Å². The number of hydrogen-bond acceptors (Lipinski definition) is 4. The summed E-state index contributed by atoms with van der Waals surface area (Å²) in [5.74, 6) is -1.94. The molecule has 0 saturated heterocycles. The summed E-state index contributed by atoms with van der Waals surface area (Å²) < 4.78 is 26.3. The first kappa shape index (κ1) is 11.9. The number of nitrogens with zero attached hydrogens (tertiary/aromatic N) is 3. The molecule has 0 spiro atoms. The minimum Gasteiger partial charge on any atom is -0.271 e. The van der Waals surface area contributed by atoms with Crippen molar-refractivity contribution in [1.29, 1.82) is 10.5 Å². The largest absolute Gasteiger partial charge is 0.271 e. The van der Waals surface area contributed by atoms with E-state index in [0.29, 0.717) is 0 Å². The first-order valence-corrected chi connectivity index (χ1v) is 4.24. The second-order valence-electron chi connectivity index (χ2n) is 2.54. The average Bonchev–Trinajstić information content (AvgIpc) is 2.22. The van der Waals surface area contributed by atoms with Crippen LogP contribution in [-0.4, -0.2) is 5.71 Å². The van der Waals surface area contributed by atoms with Crippen LogP contribution in [0.25, 0.3) is 0 Å². The molecule has 0 amide bonds. The van der Waals surface area contributed by atoms with Crippen molar-refractivity contribution in [2.45, 2.75) is 0 Å². The van der Waals surface area contributed by atoms with E-state index in [2.05, 4.69) is 5.10 Å². The normalized spacial score (nSPS) is 8.81. The topological polar surface area (TPSA) is 72.0 Å². The SMILES string of the molecule is N#CC(C#N)=NNc1c(F)cc(Cl)cc1F. The number of rotatable bonds is 2. The number of benzene rings is 1. The molecular weight excluding hydrogens is 238 g/mol. The highest BCUT2D eigenvalue weighted by molar-refractivity contribution is 6.30. The smallest absolute Gasteiger partial charge is 0.237 e. The molecule has 0 fully saturated rings. The van der Waals surface area contributed by atoms with Gasteiger partial charge in [0, 0.05) is 5.02 Å². The van der Waals surface area contributed by atoms with Crippen LogP contribution in [0.5, 0.6) is 0 Å². The van der Waals surface area contributed by atoms with Crippen LogP contribution >= 0.6 is 11.6 Å². The van der Waals surface area contributed by atoms with Crippen LogP contribution in [0.1, 0.15) is 0 Å². The van der Waals surface area contributed by atoms with Gasteiger partial charge in [-0.25, -0.2) is 8.78 Å². The van der Waals surface area contributed by atoms with Crippen LogP contribution in [-0.2, 0) is 0 Å². The molecule has 0 aromatic heterocycles. The third-order valence-corrected chi connectivity index (χ3v) is 1.72. The molecule has 1 aromatic rings. The Morgan fingerprint density at radius 1 is 1.25 bits per heavy atom. The van der Waals surface area contributed by atoms with Gasteiger partial charge in [-0.15, -0.1) is 0 Å². The van der Waals surface area contributed by atoms with Gasteiger partial charge in [0.15, 0.2) is 11.6 Å². The van der Waals surface area contributed by atoms with E-state index in [9.17, 15) is 8.78 Å². The van der Waals surface area contributed by atoms with Crippen molar-refractivity contribution < 1.29 is 8.78 Å². The van der Waals surface area contributed by atoms with Crippen molar-refractivity contribution >= 4 is 23.0 Å². The van der Waals surface area contributed by atoms with Crippen LogP contribution in [0, 0.1) is 34.3 Å². The second kappa shape index (κ2) is 5.06. The zero-order valence-electron chi connectivity index (χ0n) is 7.63. The van der Waals surface area contributed by atoms with E-state index in [4.69, 9.17) is 22.1 Å². The quantitative estimate of drug-likeness (QED) is 0.637. The highest BCUT2D eigenvalue weighted by atomic mass is 35.5. The Balaban J connectivity index is 3.05. The van der Waals surface area contributed by atoms with Crippen LogP contribution in [0.2, 0.25) is 5.02 Å². The number of nitrogens with one attached hydrogen (secondary N) is 1. The summed E-state index contributed by atoms with van der Waals surface area (Å²) in [4.78, 5) is 0. The number of hydrogen-bond donors (Lipinski definition) is 1. The molecule has 80 valence electrons. The van der Waals surface area contributed by atoms with Crippen LogP contribution in [0.15, 0.2) is 17.2 Å². The Bertz CT molecular complexity index is 488. The summed E-state index contributed by atoms with van der Waals surface area (Å²) >= 11 is 5.39. The lowest BCUT2D eigenvalue weighted by atomic mass is 10.3. The summed E-state index contributed by atoms with van der Waals surface area (Å²) in [6.45, 7) is 0. The summed E-state index contributed by atoms with van der Waals surface area (Å²) in [6.07, 6.45) is 0. The van der Waals surface area contributed by atoms with Crippen molar-refractivity contribution in [2.75, 3.05) is 5.43 Å². The highest BCUT2D eigenvalue weighted by Gasteiger charge is 2.10. The Kier molecular flexibility index (Phi) is 3.76. The van der Waals surface area contributed by atoms with Gasteiger partial charge in [-0.2, -0.15) is 15.6 Å². The molecular formula is C9H3ClF2N4. The fourth-order valence-electron chi connectivity index (χ4n) is 0.836. The van der Waals surface area contributed by atoms with Gasteiger partial charge in [-0.05, 0) is 12.1 Å². The number of nitriles is 2. The van der Waals surface area contributed by atoms with Gasteiger partial charge in [0.25, 0.3) is 0 Å². The molecule has 0 atom stereocenters. The van der Waals surface area contributed by atoms with Crippen LogP contribution in [0.4, 0.5) is 14.5 Å². The van der Waals surface area contributed by atoms with E-state index in [1.165, 1.54) is 12.1 Å². The Morgan fingerprint density at radius 2 is 1.75 bits per heavy atom. The van der Waals surface area contributed by atoms with E-state index in [1.54, 1.807) is 0 Å². The maximum Gasteiger partial charge on any atom is 0.237 e. The molecule has 0 heterocycles. The molecule has 0 radical (unpaired) electrons. The van der Waals surface area contributed by atoms with Gasteiger partial charge < -0.3 is 0 Å². The standard InChI is InChI=1S/C9H3ClF2N4/c10-5-1-7(11)9(8(12)2-5)16-15-6(3-13)4-14/h1-2,16H. The monoisotopic (exact) mass is 240 g/mol. The first-order chi connectivity index (χ1) is 7.58. The first-order valence-electron chi connectivity index (χ1n) is 3.87. The number of anilines is 1. The van der Waals surface area contributed by atoms with Crippen LogP contribution < -0.4 is 5.43 Å². The minimum absolute atomic E-state index is 0.106. The lowest BCUT2D eigenvalue weighted by Gasteiger charge is -2.03.